The van der Waals surface area contributed by atoms with Crippen molar-refractivity contribution in [2.24, 2.45) is 4.99 Å². The molecule has 0 radical (unpaired) electrons. The van der Waals surface area contributed by atoms with E-state index < -0.39 is 10.0 Å². The van der Waals surface area contributed by atoms with Gasteiger partial charge in [-0.2, -0.15) is 5.10 Å². The number of hydrogen-bond acceptors (Lipinski definition) is 6. The molecule has 148 valence electrons. The highest BCUT2D eigenvalue weighted by atomic mass is 32.2. The summed E-state index contributed by atoms with van der Waals surface area (Å²) in [5.41, 5.74) is 1.35. The van der Waals surface area contributed by atoms with Gasteiger partial charge in [-0.15, -0.1) is 0 Å². The number of carbonyl (C=O) groups is 1. The van der Waals surface area contributed by atoms with Gasteiger partial charge in [0.1, 0.15) is 5.84 Å². The van der Waals surface area contributed by atoms with E-state index in [1.165, 1.54) is 6.07 Å². The van der Waals surface area contributed by atoms with Gasteiger partial charge < -0.3 is 5.32 Å². The summed E-state index contributed by atoms with van der Waals surface area (Å²) in [4.78, 5) is 21.0. The van der Waals surface area contributed by atoms with Crippen LogP contribution in [0.3, 0.4) is 0 Å². The molecule has 0 bridgehead atoms. The smallest absolute Gasteiger partial charge is 0.263 e. The van der Waals surface area contributed by atoms with Crippen LogP contribution in [0.25, 0.3) is 5.82 Å². The van der Waals surface area contributed by atoms with E-state index in [0.29, 0.717) is 17.9 Å². The van der Waals surface area contributed by atoms with Crippen molar-refractivity contribution < 1.29 is 13.2 Å². The SMILES string of the molecule is O=C(CCN=C1NS(=O)(=O)c2ccccc21)NCc1cccnc1-n1cccn1. The maximum absolute atomic E-state index is 12.2. The standard InChI is InChI=1S/C19H18N6O3S/c26-17(22-13-14-5-3-9-21-19(14)25-12-4-10-23-25)8-11-20-18-15-6-1-2-7-16(15)29(27,28)24-18/h1-7,9-10,12H,8,11,13H2,(H,20,24)(H,22,26). The van der Waals surface area contributed by atoms with Gasteiger partial charge in [0.25, 0.3) is 10.0 Å². The Morgan fingerprint density at radius 2 is 2.00 bits per heavy atom. The van der Waals surface area contributed by atoms with Crippen molar-refractivity contribution in [3.8, 4) is 5.82 Å². The molecule has 3 heterocycles. The van der Waals surface area contributed by atoms with Gasteiger partial charge in [-0.25, -0.2) is 18.1 Å². The zero-order valence-electron chi connectivity index (χ0n) is 15.3. The molecule has 1 aliphatic rings. The van der Waals surface area contributed by atoms with E-state index in [2.05, 4.69) is 25.1 Å². The van der Waals surface area contributed by atoms with E-state index in [9.17, 15) is 13.2 Å². The molecule has 0 atom stereocenters. The summed E-state index contributed by atoms with van der Waals surface area (Å²) in [6.45, 7) is 0.463. The molecule has 3 aromatic rings. The first-order chi connectivity index (χ1) is 14.0. The molecular formula is C19H18N6O3S. The van der Waals surface area contributed by atoms with Crippen molar-refractivity contribution in [2.45, 2.75) is 17.9 Å². The molecule has 0 saturated heterocycles. The fraction of sp³-hybridized carbons (Fsp3) is 0.158. The Labute approximate surface area is 167 Å². The summed E-state index contributed by atoms with van der Waals surface area (Å²) >= 11 is 0. The Morgan fingerprint density at radius 3 is 2.83 bits per heavy atom. The Kier molecular flexibility index (Phi) is 5.09. The van der Waals surface area contributed by atoms with Crippen molar-refractivity contribution in [2.75, 3.05) is 6.54 Å². The second kappa shape index (κ2) is 7.84. The summed E-state index contributed by atoms with van der Waals surface area (Å²) in [6.07, 6.45) is 5.24. The highest BCUT2D eigenvalue weighted by Gasteiger charge is 2.29. The lowest BCUT2D eigenvalue weighted by Gasteiger charge is -2.09. The molecule has 0 aliphatic carbocycles. The molecule has 2 aromatic heterocycles. The zero-order valence-corrected chi connectivity index (χ0v) is 16.1. The first-order valence-corrected chi connectivity index (χ1v) is 10.4. The molecule has 2 N–H and O–H groups in total. The molecule has 0 spiro atoms. The van der Waals surface area contributed by atoms with E-state index >= 15 is 0 Å². The molecule has 9 nitrogen and oxygen atoms in total. The van der Waals surface area contributed by atoms with E-state index in [4.69, 9.17) is 0 Å². The summed E-state index contributed by atoms with van der Waals surface area (Å²) < 4.78 is 28.2. The number of sulfonamides is 1. The quantitative estimate of drug-likeness (QED) is 0.629. The van der Waals surface area contributed by atoms with Crippen LogP contribution in [0.15, 0.2) is 70.9 Å². The lowest BCUT2D eigenvalue weighted by atomic mass is 10.2. The lowest BCUT2D eigenvalue weighted by Crippen LogP contribution is -2.25. The number of amidine groups is 1. The van der Waals surface area contributed by atoms with Crippen LogP contribution >= 0.6 is 0 Å². The Morgan fingerprint density at radius 1 is 1.14 bits per heavy atom. The molecule has 1 aliphatic heterocycles. The largest absolute Gasteiger partial charge is 0.352 e. The van der Waals surface area contributed by atoms with Crippen molar-refractivity contribution in [1.29, 1.82) is 0 Å². The van der Waals surface area contributed by atoms with Crippen LogP contribution < -0.4 is 10.0 Å². The zero-order chi connectivity index (χ0) is 20.3. The number of aliphatic imine (C=N–C) groups is 1. The van der Waals surface area contributed by atoms with Gasteiger partial charge in [0, 0.05) is 42.7 Å². The minimum absolute atomic E-state index is 0.130. The molecule has 0 unspecified atom stereocenters. The van der Waals surface area contributed by atoms with E-state index in [-0.39, 0.29) is 29.6 Å². The average molecular weight is 410 g/mol. The molecule has 29 heavy (non-hydrogen) atoms. The van der Waals surface area contributed by atoms with E-state index in [0.717, 1.165) is 5.56 Å². The van der Waals surface area contributed by atoms with Crippen LogP contribution in [0, 0.1) is 0 Å². The highest BCUT2D eigenvalue weighted by molar-refractivity contribution is 7.90. The third-order valence-corrected chi connectivity index (χ3v) is 5.73. The third-order valence-electron chi connectivity index (χ3n) is 4.34. The number of benzene rings is 1. The van der Waals surface area contributed by atoms with Crippen LogP contribution in [0.1, 0.15) is 17.5 Å². The van der Waals surface area contributed by atoms with Gasteiger partial charge in [0.2, 0.25) is 5.91 Å². The predicted molar refractivity (Wildman–Crippen MR) is 106 cm³/mol. The monoisotopic (exact) mass is 410 g/mol. The summed E-state index contributed by atoms with van der Waals surface area (Å²) in [6, 6.07) is 12.1. The first-order valence-electron chi connectivity index (χ1n) is 8.92. The maximum atomic E-state index is 12.2. The Bertz CT molecular complexity index is 1170. The van der Waals surface area contributed by atoms with Crippen molar-refractivity contribution >= 4 is 21.8 Å². The minimum Gasteiger partial charge on any atom is -0.352 e. The summed E-state index contributed by atoms with van der Waals surface area (Å²) in [7, 11) is -3.57. The van der Waals surface area contributed by atoms with Crippen LogP contribution in [-0.4, -0.2) is 41.5 Å². The number of nitrogens with one attached hydrogen (secondary N) is 2. The van der Waals surface area contributed by atoms with Gasteiger partial charge in [-0.3, -0.25) is 14.5 Å². The second-order valence-corrected chi connectivity index (χ2v) is 7.95. The number of aromatic nitrogens is 3. The minimum atomic E-state index is -3.57. The fourth-order valence-corrected chi connectivity index (χ4v) is 4.22. The maximum Gasteiger partial charge on any atom is 0.263 e. The number of carbonyl (C=O) groups excluding carboxylic acids is 1. The van der Waals surface area contributed by atoms with Crippen LogP contribution in [-0.2, 0) is 21.4 Å². The third kappa shape index (κ3) is 4.02. The highest BCUT2D eigenvalue weighted by Crippen LogP contribution is 2.22. The van der Waals surface area contributed by atoms with Crippen molar-refractivity contribution in [3.63, 3.8) is 0 Å². The van der Waals surface area contributed by atoms with Crippen LogP contribution in [0.5, 0.6) is 0 Å². The first kappa shape index (κ1) is 18.8. The molecule has 1 amide bonds. The van der Waals surface area contributed by atoms with Gasteiger partial charge in [-0.1, -0.05) is 18.2 Å². The van der Waals surface area contributed by atoms with Gasteiger partial charge >= 0.3 is 0 Å². The van der Waals surface area contributed by atoms with Gasteiger partial charge in [0.15, 0.2) is 5.82 Å². The summed E-state index contributed by atoms with van der Waals surface area (Å²) in [5, 5.41) is 7.00. The normalized spacial score (nSPS) is 15.7. The molecule has 4 rings (SSSR count). The van der Waals surface area contributed by atoms with Gasteiger partial charge in [-0.05, 0) is 24.3 Å². The average Bonchev–Trinajstić information content (AvgIpc) is 3.34. The molecule has 0 fully saturated rings. The van der Waals surface area contributed by atoms with Gasteiger partial charge in [0.05, 0.1) is 11.4 Å². The molecule has 1 aromatic carbocycles. The van der Waals surface area contributed by atoms with E-state index in [1.807, 2.05) is 6.07 Å². The molecule has 10 heteroatoms. The van der Waals surface area contributed by atoms with Crippen molar-refractivity contribution in [3.05, 3.63) is 72.2 Å². The number of nitrogens with zero attached hydrogens (tertiary/aromatic N) is 4. The Hall–Kier alpha value is -3.53. The number of amides is 1. The fourth-order valence-electron chi connectivity index (χ4n) is 2.97. The number of fused-ring (bicyclic) bond motifs is 1. The molecular weight excluding hydrogens is 392 g/mol. The lowest BCUT2D eigenvalue weighted by molar-refractivity contribution is -0.121. The number of pyridine rings is 1. The number of hydrogen-bond donors (Lipinski definition) is 2. The predicted octanol–water partition coefficient (Wildman–Crippen LogP) is 1.01. The topological polar surface area (TPSA) is 118 Å². The molecule has 0 saturated carbocycles. The van der Waals surface area contributed by atoms with Crippen molar-refractivity contribution in [1.82, 2.24) is 24.8 Å². The van der Waals surface area contributed by atoms with E-state index in [1.54, 1.807) is 53.6 Å². The number of rotatable bonds is 6. The van der Waals surface area contributed by atoms with Crippen LogP contribution in [0.4, 0.5) is 0 Å². The Balaban J connectivity index is 1.36. The van der Waals surface area contributed by atoms with Crippen LogP contribution in [0.2, 0.25) is 0 Å². The summed E-state index contributed by atoms with van der Waals surface area (Å²) in [5.74, 6) is 0.718. The second-order valence-electron chi connectivity index (χ2n) is 6.30.